The molecule has 5 heteroatoms. The standard InChI is InChI=1S/C14H21F2N3/c1-17-14(10-4-5-11(15)12(16)8-10)13-9-18(2)6-7-19(13)3/h4-5,8,13-14,17H,6-7,9H2,1-3H3. The second-order valence-corrected chi connectivity index (χ2v) is 5.25. The molecule has 1 aromatic rings. The van der Waals surface area contributed by atoms with Crippen molar-refractivity contribution in [2.75, 3.05) is 40.8 Å². The second kappa shape index (κ2) is 5.94. The van der Waals surface area contributed by atoms with Gasteiger partial charge in [-0.3, -0.25) is 4.90 Å². The van der Waals surface area contributed by atoms with Crippen LogP contribution in [0.25, 0.3) is 0 Å². The molecule has 2 atom stereocenters. The van der Waals surface area contributed by atoms with E-state index in [1.54, 1.807) is 6.07 Å². The van der Waals surface area contributed by atoms with Crippen molar-refractivity contribution < 1.29 is 8.78 Å². The first-order valence-electron chi connectivity index (χ1n) is 6.54. The van der Waals surface area contributed by atoms with Crippen molar-refractivity contribution in [2.45, 2.75) is 12.1 Å². The topological polar surface area (TPSA) is 18.5 Å². The summed E-state index contributed by atoms with van der Waals surface area (Å²) in [6, 6.07) is 4.37. The van der Waals surface area contributed by atoms with Crippen molar-refractivity contribution in [3.05, 3.63) is 35.4 Å². The van der Waals surface area contributed by atoms with Crippen molar-refractivity contribution >= 4 is 0 Å². The Morgan fingerprint density at radius 2 is 1.95 bits per heavy atom. The van der Waals surface area contributed by atoms with Gasteiger partial charge >= 0.3 is 0 Å². The average molecular weight is 269 g/mol. The van der Waals surface area contributed by atoms with Gasteiger partial charge in [-0.25, -0.2) is 8.78 Å². The maximum atomic E-state index is 13.4. The van der Waals surface area contributed by atoms with Crippen molar-refractivity contribution in [3.8, 4) is 0 Å². The van der Waals surface area contributed by atoms with E-state index >= 15 is 0 Å². The Morgan fingerprint density at radius 1 is 1.21 bits per heavy atom. The highest BCUT2D eigenvalue weighted by atomic mass is 19.2. The summed E-state index contributed by atoms with van der Waals surface area (Å²) in [6.45, 7) is 2.91. The van der Waals surface area contributed by atoms with E-state index in [-0.39, 0.29) is 12.1 Å². The maximum absolute atomic E-state index is 13.4. The van der Waals surface area contributed by atoms with E-state index in [4.69, 9.17) is 0 Å². The van der Waals surface area contributed by atoms with Crippen LogP contribution in [0.15, 0.2) is 18.2 Å². The minimum Gasteiger partial charge on any atom is -0.312 e. The van der Waals surface area contributed by atoms with Gasteiger partial charge in [-0.05, 0) is 38.8 Å². The molecule has 1 saturated heterocycles. The zero-order valence-electron chi connectivity index (χ0n) is 11.7. The Kier molecular flexibility index (Phi) is 4.50. The lowest BCUT2D eigenvalue weighted by Gasteiger charge is -2.42. The van der Waals surface area contributed by atoms with Crippen LogP contribution in [-0.4, -0.2) is 56.6 Å². The van der Waals surface area contributed by atoms with Gasteiger partial charge in [0.1, 0.15) is 0 Å². The van der Waals surface area contributed by atoms with Crippen LogP contribution in [0.3, 0.4) is 0 Å². The lowest BCUT2D eigenvalue weighted by molar-refractivity contribution is 0.0896. The van der Waals surface area contributed by atoms with Crippen molar-refractivity contribution in [2.24, 2.45) is 0 Å². The minimum absolute atomic E-state index is 0.0113. The average Bonchev–Trinajstić information content (AvgIpc) is 2.38. The highest BCUT2D eigenvalue weighted by molar-refractivity contribution is 5.23. The number of benzene rings is 1. The number of nitrogens with zero attached hydrogens (tertiary/aromatic N) is 2. The molecule has 0 radical (unpaired) electrons. The Labute approximate surface area is 113 Å². The molecular weight excluding hydrogens is 248 g/mol. The number of likely N-dealkylation sites (N-methyl/N-ethyl adjacent to an activating group) is 3. The van der Waals surface area contributed by atoms with Crippen LogP contribution in [0, 0.1) is 11.6 Å². The first-order chi connectivity index (χ1) is 9.02. The summed E-state index contributed by atoms with van der Waals surface area (Å²) in [5, 5.41) is 3.23. The van der Waals surface area contributed by atoms with Gasteiger partial charge < -0.3 is 10.2 Å². The number of hydrogen-bond acceptors (Lipinski definition) is 3. The van der Waals surface area contributed by atoms with Gasteiger partial charge in [0.05, 0.1) is 0 Å². The smallest absolute Gasteiger partial charge is 0.159 e. The lowest BCUT2D eigenvalue weighted by atomic mass is 9.96. The summed E-state index contributed by atoms with van der Waals surface area (Å²) in [5.74, 6) is -1.59. The first kappa shape index (κ1) is 14.4. The molecule has 0 saturated carbocycles. The lowest BCUT2D eigenvalue weighted by Crippen LogP contribution is -2.54. The summed E-state index contributed by atoms with van der Waals surface area (Å²) in [6.07, 6.45) is 0. The highest BCUT2D eigenvalue weighted by Gasteiger charge is 2.30. The zero-order valence-corrected chi connectivity index (χ0v) is 11.7. The quantitative estimate of drug-likeness (QED) is 0.896. The maximum Gasteiger partial charge on any atom is 0.159 e. The van der Waals surface area contributed by atoms with Crippen molar-refractivity contribution in [3.63, 3.8) is 0 Å². The van der Waals surface area contributed by atoms with E-state index in [2.05, 4.69) is 29.2 Å². The number of piperazine rings is 1. The third-order valence-corrected chi connectivity index (χ3v) is 3.90. The van der Waals surface area contributed by atoms with E-state index in [1.807, 2.05) is 7.05 Å². The number of hydrogen-bond donors (Lipinski definition) is 1. The molecule has 3 nitrogen and oxygen atoms in total. The monoisotopic (exact) mass is 269 g/mol. The van der Waals surface area contributed by atoms with E-state index in [0.717, 1.165) is 25.2 Å². The van der Waals surface area contributed by atoms with Crippen LogP contribution in [-0.2, 0) is 0 Å². The third kappa shape index (κ3) is 3.11. The summed E-state index contributed by atoms with van der Waals surface area (Å²) < 4.78 is 26.4. The molecule has 2 unspecified atom stereocenters. The Hall–Kier alpha value is -1.04. The Balaban J connectivity index is 2.25. The number of nitrogens with one attached hydrogen (secondary N) is 1. The predicted octanol–water partition coefficient (Wildman–Crippen LogP) is 1.47. The molecular formula is C14H21F2N3. The van der Waals surface area contributed by atoms with Gasteiger partial charge in [0.15, 0.2) is 11.6 Å². The van der Waals surface area contributed by atoms with Crippen LogP contribution in [0.2, 0.25) is 0 Å². The highest BCUT2D eigenvalue weighted by Crippen LogP contribution is 2.24. The van der Waals surface area contributed by atoms with Crippen LogP contribution in [0.4, 0.5) is 8.78 Å². The summed E-state index contributed by atoms with van der Waals surface area (Å²) in [4.78, 5) is 4.53. The molecule has 1 heterocycles. The van der Waals surface area contributed by atoms with Crippen molar-refractivity contribution in [1.29, 1.82) is 0 Å². The molecule has 1 aliphatic rings. The number of halogens is 2. The first-order valence-corrected chi connectivity index (χ1v) is 6.54. The fourth-order valence-corrected chi connectivity index (χ4v) is 2.69. The minimum atomic E-state index is -0.798. The molecule has 0 bridgehead atoms. The Morgan fingerprint density at radius 3 is 2.58 bits per heavy atom. The molecule has 0 spiro atoms. The van der Waals surface area contributed by atoms with E-state index in [1.165, 1.54) is 12.1 Å². The van der Waals surface area contributed by atoms with Gasteiger partial charge in [-0.15, -0.1) is 0 Å². The molecule has 19 heavy (non-hydrogen) atoms. The van der Waals surface area contributed by atoms with Crippen LogP contribution < -0.4 is 5.32 Å². The van der Waals surface area contributed by atoms with Crippen LogP contribution in [0.5, 0.6) is 0 Å². The largest absolute Gasteiger partial charge is 0.312 e. The zero-order chi connectivity index (χ0) is 14.0. The molecule has 1 N–H and O–H groups in total. The van der Waals surface area contributed by atoms with Gasteiger partial charge in [0.25, 0.3) is 0 Å². The molecule has 1 aromatic carbocycles. The fourth-order valence-electron chi connectivity index (χ4n) is 2.69. The van der Waals surface area contributed by atoms with Gasteiger partial charge in [0, 0.05) is 31.7 Å². The van der Waals surface area contributed by atoms with Crippen LogP contribution in [0.1, 0.15) is 11.6 Å². The van der Waals surface area contributed by atoms with E-state index in [0.29, 0.717) is 0 Å². The predicted molar refractivity (Wildman–Crippen MR) is 72.1 cm³/mol. The summed E-state index contributed by atoms with van der Waals surface area (Å²) >= 11 is 0. The van der Waals surface area contributed by atoms with E-state index < -0.39 is 11.6 Å². The molecule has 0 aromatic heterocycles. The SMILES string of the molecule is CNC(c1ccc(F)c(F)c1)C1CN(C)CCN1C. The molecule has 106 valence electrons. The van der Waals surface area contributed by atoms with Crippen LogP contribution >= 0.6 is 0 Å². The van der Waals surface area contributed by atoms with Gasteiger partial charge in [0.2, 0.25) is 0 Å². The van der Waals surface area contributed by atoms with E-state index in [9.17, 15) is 8.78 Å². The number of rotatable bonds is 3. The molecule has 1 aliphatic heterocycles. The normalized spacial score (nSPS) is 23.5. The molecule has 2 rings (SSSR count). The fraction of sp³-hybridized carbons (Fsp3) is 0.571. The molecule has 0 aliphatic carbocycles. The molecule has 0 amide bonds. The van der Waals surface area contributed by atoms with Gasteiger partial charge in [-0.2, -0.15) is 0 Å². The second-order valence-electron chi connectivity index (χ2n) is 5.25. The molecule has 1 fully saturated rings. The summed E-state index contributed by atoms with van der Waals surface area (Å²) in [7, 11) is 6.01. The van der Waals surface area contributed by atoms with Crippen molar-refractivity contribution in [1.82, 2.24) is 15.1 Å². The summed E-state index contributed by atoms with van der Waals surface area (Å²) in [5.41, 5.74) is 0.786. The Bertz CT molecular complexity index is 439. The third-order valence-electron chi connectivity index (χ3n) is 3.90. The van der Waals surface area contributed by atoms with Gasteiger partial charge in [-0.1, -0.05) is 6.07 Å².